The molecule has 0 aromatic rings. The van der Waals surface area contributed by atoms with Gasteiger partial charge in [-0.2, -0.15) is 0 Å². The Kier molecular flexibility index (Phi) is 5.67. The van der Waals surface area contributed by atoms with E-state index in [0.29, 0.717) is 6.04 Å². The van der Waals surface area contributed by atoms with Crippen molar-refractivity contribution in [3.05, 3.63) is 0 Å². The number of piperidine rings is 1. The minimum absolute atomic E-state index is 0.624. The molecule has 1 heterocycles. The first-order chi connectivity index (χ1) is 9.11. The summed E-state index contributed by atoms with van der Waals surface area (Å²) in [5.41, 5.74) is 0. The van der Waals surface area contributed by atoms with Crippen LogP contribution in [-0.4, -0.2) is 61.2 Å². The van der Waals surface area contributed by atoms with Gasteiger partial charge in [-0.15, -0.1) is 0 Å². The van der Waals surface area contributed by atoms with E-state index in [0.717, 1.165) is 18.0 Å². The maximum absolute atomic E-state index is 3.62. The van der Waals surface area contributed by atoms with Crippen molar-refractivity contribution in [2.24, 2.45) is 5.92 Å². The zero-order valence-electron chi connectivity index (χ0n) is 13.4. The molecule has 2 unspecified atom stereocenters. The van der Waals surface area contributed by atoms with Crippen LogP contribution >= 0.6 is 0 Å². The first-order valence-electron chi connectivity index (χ1n) is 8.29. The molecule has 3 nitrogen and oxygen atoms in total. The molecular weight excluding hydrogens is 234 g/mol. The van der Waals surface area contributed by atoms with Crippen molar-refractivity contribution in [1.82, 2.24) is 15.1 Å². The van der Waals surface area contributed by atoms with Gasteiger partial charge in [0.1, 0.15) is 0 Å². The maximum atomic E-state index is 3.62. The van der Waals surface area contributed by atoms with Crippen LogP contribution in [0, 0.1) is 5.92 Å². The van der Waals surface area contributed by atoms with Crippen molar-refractivity contribution in [1.29, 1.82) is 0 Å². The lowest BCUT2D eigenvalue weighted by molar-refractivity contribution is 0.0233. The predicted molar refractivity (Wildman–Crippen MR) is 82.5 cm³/mol. The minimum Gasteiger partial charge on any atom is -0.314 e. The normalized spacial score (nSPS) is 30.0. The molecule has 0 spiro atoms. The van der Waals surface area contributed by atoms with Crippen LogP contribution in [0.1, 0.15) is 46.5 Å². The lowest BCUT2D eigenvalue weighted by atomic mass is 9.77. The molecule has 0 aromatic carbocycles. The van der Waals surface area contributed by atoms with Gasteiger partial charge in [0.25, 0.3) is 0 Å². The van der Waals surface area contributed by atoms with Gasteiger partial charge in [0.05, 0.1) is 0 Å². The second kappa shape index (κ2) is 7.05. The van der Waals surface area contributed by atoms with E-state index in [1.54, 1.807) is 0 Å². The molecule has 1 aliphatic carbocycles. The van der Waals surface area contributed by atoms with E-state index in [1.807, 2.05) is 0 Å². The highest BCUT2D eigenvalue weighted by atomic mass is 15.2. The third-order valence-corrected chi connectivity index (χ3v) is 5.27. The zero-order chi connectivity index (χ0) is 13.8. The smallest absolute Gasteiger partial charge is 0.0136 e. The molecule has 2 fully saturated rings. The molecular formula is C16H33N3. The highest BCUT2D eigenvalue weighted by molar-refractivity contribution is 4.92. The van der Waals surface area contributed by atoms with Gasteiger partial charge in [0.15, 0.2) is 0 Å². The van der Waals surface area contributed by atoms with Crippen molar-refractivity contribution in [2.45, 2.75) is 64.6 Å². The summed E-state index contributed by atoms with van der Waals surface area (Å²) < 4.78 is 0. The Bertz CT molecular complexity index is 259. The summed E-state index contributed by atoms with van der Waals surface area (Å²) in [6.07, 6.45) is 5.56. The third-order valence-electron chi connectivity index (χ3n) is 5.27. The standard InChI is InChI=1S/C16H33N3/c1-5-19-10-8-15(9-11-19)18(4)16-7-6-14(16)12-17-13(2)3/h13-17H,5-12H2,1-4H3. The number of nitrogens with zero attached hydrogens (tertiary/aromatic N) is 2. The van der Waals surface area contributed by atoms with Crippen molar-refractivity contribution in [3.8, 4) is 0 Å². The van der Waals surface area contributed by atoms with Gasteiger partial charge in [-0.3, -0.25) is 0 Å². The molecule has 112 valence electrons. The minimum atomic E-state index is 0.624. The molecule has 0 radical (unpaired) electrons. The van der Waals surface area contributed by atoms with Crippen LogP contribution in [0.5, 0.6) is 0 Å². The quantitative estimate of drug-likeness (QED) is 0.796. The fraction of sp³-hybridized carbons (Fsp3) is 1.00. The Morgan fingerprint density at radius 2 is 1.84 bits per heavy atom. The van der Waals surface area contributed by atoms with Crippen LogP contribution in [0.25, 0.3) is 0 Å². The summed E-state index contributed by atoms with van der Waals surface area (Å²) in [4.78, 5) is 5.30. The van der Waals surface area contributed by atoms with E-state index in [4.69, 9.17) is 0 Å². The van der Waals surface area contributed by atoms with Gasteiger partial charge in [0, 0.05) is 18.1 Å². The number of nitrogens with one attached hydrogen (secondary N) is 1. The molecule has 2 rings (SSSR count). The topological polar surface area (TPSA) is 18.5 Å². The average molecular weight is 267 g/mol. The zero-order valence-corrected chi connectivity index (χ0v) is 13.4. The molecule has 2 atom stereocenters. The highest BCUT2D eigenvalue weighted by Gasteiger charge is 2.37. The van der Waals surface area contributed by atoms with Crippen LogP contribution < -0.4 is 5.32 Å². The first kappa shape index (κ1) is 15.3. The van der Waals surface area contributed by atoms with E-state index in [2.05, 4.69) is 42.9 Å². The maximum Gasteiger partial charge on any atom is 0.0136 e. The third kappa shape index (κ3) is 3.93. The lowest BCUT2D eigenvalue weighted by Gasteiger charge is -2.48. The van der Waals surface area contributed by atoms with Crippen LogP contribution in [0.4, 0.5) is 0 Å². The van der Waals surface area contributed by atoms with Crippen LogP contribution in [0.2, 0.25) is 0 Å². The molecule has 2 aliphatic rings. The molecule has 1 aliphatic heterocycles. The van der Waals surface area contributed by atoms with Gasteiger partial charge in [0.2, 0.25) is 0 Å². The van der Waals surface area contributed by atoms with Crippen LogP contribution in [0.3, 0.4) is 0 Å². The Hall–Kier alpha value is -0.120. The van der Waals surface area contributed by atoms with Crippen molar-refractivity contribution < 1.29 is 0 Å². The van der Waals surface area contributed by atoms with Gasteiger partial charge in [-0.25, -0.2) is 0 Å². The first-order valence-corrected chi connectivity index (χ1v) is 8.29. The SMILES string of the molecule is CCN1CCC(N(C)C2CCC2CNC(C)C)CC1. The van der Waals surface area contributed by atoms with Crippen LogP contribution in [0.15, 0.2) is 0 Å². The summed E-state index contributed by atoms with van der Waals surface area (Å²) in [7, 11) is 2.37. The molecule has 0 bridgehead atoms. The fourth-order valence-corrected chi connectivity index (χ4v) is 3.63. The molecule has 19 heavy (non-hydrogen) atoms. The van der Waals surface area contributed by atoms with Gasteiger partial charge in [-0.05, 0) is 64.8 Å². The van der Waals surface area contributed by atoms with Crippen LogP contribution in [-0.2, 0) is 0 Å². The van der Waals surface area contributed by atoms with Gasteiger partial charge >= 0.3 is 0 Å². The Balaban J connectivity index is 1.75. The summed E-state index contributed by atoms with van der Waals surface area (Å²) in [6.45, 7) is 11.8. The van der Waals surface area contributed by atoms with E-state index < -0.39 is 0 Å². The number of hydrogen-bond acceptors (Lipinski definition) is 3. The van der Waals surface area contributed by atoms with Gasteiger partial charge in [-0.1, -0.05) is 20.8 Å². The largest absolute Gasteiger partial charge is 0.314 e. The second-order valence-electron chi connectivity index (χ2n) is 6.80. The summed E-state index contributed by atoms with van der Waals surface area (Å²) in [5.74, 6) is 0.886. The number of likely N-dealkylation sites (tertiary alicyclic amines) is 1. The molecule has 0 aromatic heterocycles. The van der Waals surface area contributed by atoms with E-state index in [9.17, 15) is 0 Å². The van der Waals surface area contributed by atoms with E-state index in [1.165, 1.54) is 51.9 Å². The van der Waals surface area contributed by atoms with Crippen molar-refractivity contribution in [2.75, 3.05) is 33.2 Å². The van der Waals surface area contributed by atoms with Gasteiger partial charge < -0.3 is 15.1 Å². The summed E-state index contributed by atoms with van der Waals surface area (Å²) in [6, 6.07) is 2.29. The Labute approximate surface area is 119 Å². The number of rotatable bonds is 6. The molecule has 1 saturated carbocycles. The fourth-order valence-electron chi connectivity index (χ4n) is 3.63. The van der Waals surface area contributed by atoms with E-state index >= 15 is 0 Å². The number of hydrogen-bond donors (Lipinski definition) is 1. The van der Waals surface area contributed by atoms with Crippen molar-refractivity contribution in [3.63, 3.8) is 0 Å². The Morgan fingerprint density at radius 3 is 2.32 bits per heavy atom. The second-order valence-corrected chi connectivity index (χ2v) is 6.80. The Morgan fingerprint density at radius 1 is 1.16 bits per heavy atom. The molecule has 3 heteroatoms. The van der Waals surface area contributed by atoms with E-state index in [-0.39, 0.29) is 0 Å². The predicted octanol–water partition coefficient (Wildman–Crippen LogP) is 2.18. The molecule has 1 saturated heterocycles. The summed E-state index contributed by atoms with van der Waals surface area (Å²) >= 11 is 0. The lowest BCUT2D eigenvalue weighted by Crippen LogP contribution is -2.55. The van der Waals surface area contributed by atoms with Crippen molar-refractivity contribution >= 4 is 0 Å². The molecule has 0 amide bonds. The highest BCUT2D eigenvalue weighted by Crippen LogP contribution is 2.33. The average Bonchev–Trinajstić information content (AvgIpc) is 2.37. The summed E-state index contributed by atoms with van der Waals surface area (Å²) in [5, 5.41) is 3.62. The monoisotopic (exact) mass is 267 g/mol. The molecule has 1 N–H and O–H groups in total.